The van der Waals surface area contributed by atoms with Crippen LogP contribution in [0.5, 0.6) is 0 Å². The molecule has 2 amide bonds. The Kier molecular flexibility index (Phi) is 6.47. The molecule has 152 valence electrons. The highest BCUT2D eigenvalue weighted by Gasteiger charge is 2.17. The van der Waals surface area contributed by atoms with Crippen LogP contribution in [0.4, 0.5) is 11.4 Å². The fourth-order valence-electron chi connectivity index (χ4n) is 3.55. The number of hydrogen-bond acceptors (Lipinski definition) is 5. The van der Waals surface area contributed by atoms with Crippen LogP contribution in [0.15, 0.2) is 41.3 Å². The Balaban J connectivity index is 1.50. The third kappa shape index (κ3) is 4.97. The topological polar surface area (TPSA) is 61.4 Å². The van der Waals surface area contributed by atoms with Gasteiger partial charge in [-0.05, 0) is 42.3 Å². The lowest BCUT2D eigenvalue weighted by molar-refractivity contribution is -0.115. The van der Waals surface area contributed by atoms with Crippen molar-refractivity contribution in [3.05, 3.63) is 53.1 Å². The van der Waals surface area contributed by atoms with Gasteiger partial charge in [0.1, 0.15) is 0 Å². The van der Waals surface area contributed by atoms with E-state index in [-0.39, 0.29) is 11.8 Å². The van der Waals surface area contributed by atoms with Gasteiger partial charge in [-0.2, -0.15) is 11.8 Å². The number of hydrogen-bond donors (Lipinski definition) is 2. The zero-order valence-corrected chi connectivity index (χ0v) is 18.1. The summed E-state index contributed by atoms with van der Waals surface area (Å²) in [7, 11) is 0. The summed E-state index contributed by atoms with van der Waals surface area (Å²) in [6.45, 7) is 5.20. The molecular weight excluding hydrogens is 402 g/mol. The van der Waals surface area contributed by atoms with Gasteiger partial charge in [0.25, 0.3) is 5.91 Å². The summed E-state index contributed by atoms with van der Waals surface area (Å²) in [6, 6.07) is 11.6. The average Bonchev–Trinajstić information content (AvgIpc) is 2.91. The van der Waals surface area contributed by atoms with Gasteiger partial charge >= 0.3 is 0 Å². The van der Waals surface area contributed by atoms with Crippen molar-refractivity contribution in [1.82, 2.24) is 4.90 Å². The van der Waals surface area contributed by atoms with Crippen LogP contribution in [-0.2, 0) is 11.3 Å². The molecule has 1 fully saturated rings. The highest BCUT2D eigenvalue weighted by atomic mass is 32.2. The largest absolute Gasteiger partial charge is 0.325 e. The third-order valence-corrected chi connectivity index (χ3v) is 7.31. The molecular formula is C22H25N3O2S2. The van der Waals surface area contributed by atoms with Crippen molar-refractivity contribution in [1.29, 1.82) is 0 Å². The second-order valence-corrected chi connectivity index (χ2v) is 9.65. The Morgan fingerprint density at radius 2 is 2.00 bits per heavy atom. The quantitative estimate of drug-likeness (QED) is 0.765. The highest BCUT2D eigenvalue weighted by molar-refractivity contribution is 7.99. The fourth-order valence-corrected chi connectivity index (χ4v) is 5.46. The van der Waals surface area contributed by atoms with Crippen LogP contribution in [0, 0.1) is 6.92 Å². The summed E-state index contributed by atoms with van der Waals surface area (Å²) >= 11 is 3.64. The summed E-state index contributed by atoms with van der Waals surface area (Å²) in [5.41, 5.74) is 4.47. The van der Waals surface area contributed by atoms with Crippen LogP contribution in [0.2, 0.25) is 0 Å². The van der Waals surface area contributed by atoms with Crippen LogP contribution >= 0.6 is 23.5 Å². The maximum absolute atomic E-state index is 12.9. The maximum atomic E-state index is 12.9. The predicted octanol–water partition coefficient (Wildman–Crippen LogP) is 4.23. The van der Waals surface area contributed by atoms with Gasteiger partial charge in [-0.3, -0.25) is 14.5 Å². The molecule has 2 heterocycles. The minimum atomic E-state index is -0.161. The number of carbonyl (C=O) groups is 2. The molecule has 4 rings (SSSR count). The zero-order chi connectivity index (χ0) is 20.2. The molecule has 2 aliphatic rings. The summed E-state index contributed by atoms with van der Waals surface area (Å²) in [6.07, 6.45) is 0.489. The van der Waals surface area contributed by atoms with E-state index in [1.54, 1.807) is 17.8 Å². The number of rotatable bonds is 4. The molecule has 0 bridgehead atoms. The number of nitrogens with zero attached hydrogens (tertiary/aromatic N) is 1. The number of thioether (sulfide) groups is 2. The minimum absolute atomic E-state index is 0.00605. The van der Waals surface area contributed by atoms with Crippen molar-refractivity contribution in [2.75, 3.05) is 41.0 Å². The van der Waals surface area contributed by atoms with E-state index in [9.17, 15) is 9.59 Å². The first kappa shape index (κ1) is 20.3. The SMILES string of the molecule is Cc1c(CN2CCSCC2)cccc1NC(=O)c1ccc2c(c1)NC(=O)CCS2. The van der Waals surface area contributed by atoms with Gasteiger partial charge in [0.2, 0.25) is 5.91 Å². The number of carbonyl (C=O) groups excluding carboxylic acids is 2. The molecule has 29 heavy (non-hydrogen) atoms. The molecule has 0 unspecified atom stereocenters. The number of fused-ring (bicyclic) bond motifs is 1. The van der Waals surface area contributed by atoms with Crippen molar-refractivity contribution in [3.8, 4) is 0 Å². The summed E-state index contributed by atoms with van der Waals surface area (Å²) in [5, 5.41) is 5.96. The number of benzene rings is 2. The van der Waals surface area contributed by atoms with E-state index in [1.807, 2.05) is 36.0 Å². The maximum Gasteiger partial charge on any atom is 0.255 e. The zero-order valence-electron chi connectivity index (χ0n) is 16.5. The molecule has 0 aromatic heterocycles. The first-order chi connectivity index (χ1) is 14.1. The van der Waals surface area contributed by atoms with Crippen molar-refractivity contribution in [2.45, 2.75) is 24.8 Å². The molecule has 0 atom stereocenters. The molecule has 0 spiro atoms. The van der Waals surface area contributed by atoms with E-state index in [4.69, 9.17) is 0 Å². The second-order valence-electron chi connectivity index (χ2n) is 7.29. The van der Waals surface area contributed by atoms with Gasteiger partial charge in [-0.25, -0.2) is 0 Å². The van der Waals surface area contributed by atoms with Gasteiger partial charge in [0.15, 0.2) is 0 Å². The lowest BCUT2D eigenvalue weighted by Gasteiger charge is -2.27. The van der Waals surface area contributed by atoms with E-state index in [0.29, 0.717) is 12.0 Å². The van der Waals surface area contributed by atoms with Crippen LogP contribution in [0.3, 0.4) is 0 Å². The number of nitrogens with one attached hydrogen (secondary N) is 2. The lowest BCUT2D eigenvalue weighted by Crippen LogP contribution is -2.32. The Labute approximate surface area is 180 Å². The molecule has 0 saturated carbocycles. The smallest absolute Gasteiger partial charge is 0.255 e. The Morgan fingerprint density at radius 1 is 1.17 bits per heavy atom. The van der Waals surface area contributed by atoms with E-state index in [1.165, 1.54) is 17.1 Å². The first-order valence-corrected chi connectivity index (χ1v) is 12.0. The number of amides is 2. The molecule has 0 aliphatic carbocycles. The normalized spacial score (nSPS) is 17.2. The standard InChI is InChI=1S/C22H25N3O2S2/c1-15-17(14-25-8-11-28-12-9-25)3-2-4-18(15)24-22(27)16-5-6-20-19(13-16)23-21(26)7-10-29-20/h2-6,13H,7-12,14H2,1H3,(H,23,26)(H,24,27). The van der Waals surface area contributed by atoms with Crippen LogP contribution in [0.1, 0.15) is 27.9 Å². The van der Waals surface area contributed by atoms with Crippen LogP contribution < -0.4 is 10.6 Å². The van der Waals surface area contributed by atoms with Gasteiger partial charge in [-0.1, -0.05) is 12.1 Å². The minimum Gasteiger partial charge on any atom is -0.325 e. The van der Waals surface area contributed by atoms with Crippen molar-refractivity contribution >= 4 is 46.7 Å². The summed E-state index contributed by atoms with van der Waals surface area (Å²) in [4.78, 5) is 28.2. The average molecular weight is 428 g/mol. The summed E-state index contributed by atoms with van der Waals surface area (Å²) in [5.74, 6) is 2.96. The molecule has 1 saturated heterocycles. The third-order valence-electron chi connectivity index (χ3n) is 5.29. The lowest BCUT2D eigenvalue weighted by atomic mass is 10.1. The monoisotopic (exact) mass is 427 g/mol. The Morgan fingerprint density at radius 3 is 2.83 bits per heavy atom. The van der Waals surface area contributed by atoms with Gasteiger partial charge in [0.05, 0.1) is 5.69 Å². The van der Waals surface area contributed by atoms with E-state index in [2.05, 4.69) is 28.5 Å². The second kappa shape index (κ2) is 9.24. The van der Waals surface area contributed by atoms with Crippen molar-refractivity contribution in [2.24, 2.45) is 0 Å². The molecule has 2 N–H and O–H groups in total. The fraction of sp³-hybridized carbons (Fsp3) is 0.364. The number of anilines is 2. The van der Waals surface area contributed by atoms with E-state index in [0.717, 1.165) is 47.2 Å². The molecule has 0 radical (unpaired) electrons. The molecule has 2 aromatic rings. The van der Waals surface area contributed by atoms with E-state index < -0.39 is 0 Å². The Bertz CT molecular complexity index is 926. The van der Waals surface area contributed by atoms with E-state index >= 15 is 0 Å². The predicted molar refractivity (Wildman–Crippen MR) is 122 cm³/mol. The molecule has 2 aromatic carbocycles. The van der Waals surface area contributed by atoms with Gasteiger partial charge in [0, 0.05) is 59.5 Å². The molecule has 7 heteroatoms. The van der Waals surface area contributed by atoms with Gasteiger partial charge in [-0.15, -0.1) is 11.8 Å². The summed E-state index contributed by atoms with van der Waals surface area (Å²) < 4.78 is 0. The van der Waals surface area contributed by atoms with Gasteiger partial charge < -0.3 is 10.6 Å². The first-order valence-electron chi connectivity index (χ1n) is 9.87. The van der Waals surface area contributed by atoms with Crippen molar-refractivity contribution in [3.63, 3.8) is 0 Å². The van der Waals surface area contributed by atoms with Crippen LogP contribution in [-0.4, -0.2) is 47.1 Å². The molecule has 2 aliphatic heterocycles. The van der Waals surface area contributed by atoms with Crippen molar-refractivity contribution < 1.29 is 9.59 Å². The Hall–Kier alpha value is -1.96. The van der Waals surface area contributed by atoms with Crippen LogP contribution in [0.25, 0.3) is 0 Å². The highest BCUT2D eigenvalue weighted by Crippen LogP contribution is 2.32. The molecule has 5 nitrogen and oxygen atoms in total.